The first kappa shape index (κ1) is 32.4. The molecule has 2 nitrogen and oxygen atoms in total. The molecule has 4 aliphatic rings. The first-order valence-electron chi connectivity index (χ1n) is 19.4. The molecule has 3 aliphatic heterocycles. The summed E-state index contributed by atoms with van der Waals surface area (Å²) >= 11 is 3.80. The summed E-state index contributed by atoms with van der Waals surface area (Å²) in [5, 5.41) is 0. The molecular weight excluding hydrogens is 716 g/mol. The quantitative estimate of drug-likeness (QED) is 0.166. The van der Waals surface area contributed by atoms with Gasteiger partial charge in [-0.15, -0.1) is 0 Å². The van der Waals surface area contributed by atoms with Gasteiger partial charge in [0.25, 0.3) is 0 Å². The van der Waals surface area contributed by atoms with Gasteiger partial charge < -0.3 is 9.71 Å². The average molecular weight is 751 g/mol. The molecule has 0 spiro atoms. The second kappa shape index (κ2) is 12.1. The molecule has 0 atom stereocenters. The van der Waals surface area contributed by atoms with Gasteiger partial charge in [-0.2, -0.15) is 0 Å². The van der Waals surface area contributed by atoms with Crippen LogP contribution in [0.15, 0.2) is 196 Å². The predicted octanol–water partition coefficient (Wildman–Crippen LogP) is 13.0. The van der Waals surface area contributed by atoms with Crippen LogP contribution in [-0.2, 0) is 5.41 Å². The van der Waals surface area contributed by atoms with Crippen molar-refractivity contribution in [2.45, 2.75) is 38.8 Å². The highest BCUT2D eigenvalue weighted by Gasteiger charge is 2.50. The molecule has 0 fully saturated rings. The molecule has 0 amide bonds. The van der Waals surface area contributed by atoms with E-state index in [1.807, 2.05) is 23.5 Å². The van der Waals surface area contributed by atoms with Gasteiger partial charge in [0.15, 0.2) is 0 Å². The number of nitrogens with zero attached hydrogens (tertiary/aromatic N) is 2. The Morgan fingerprint density at radius 3 is 1.86 bits per heavy atom. The normalized spacial score (nSPS) is 14.9. The first-order chi connectivity index (χ1) is 27.5. The number of fused-ring (bicyclic) bond motifs is 10. The van der Waals surface area contributed by atoms with Gasteiger partial charge in [-0.3, -0.25) is 0 Å². The Labute approximate surface area is 337 Å². The Balaban J connectivity index is 1.20. The Hall–Kier alpha value is -5.88. The van der Waals surface area contributed by atoms with Crippen molar-refractivity contribution >= 4 is 69.7 Å². The van der Waals surface area contributed by atoms with Crippen LogP contribution in [0.4, 0.5) is 28.4 Å². The predicted molar refractivity (Wildman–Crippen MR) is 238 cm³/mol. The van der Waals surface area contributed by atoms with Gasteiger partial charge in [-0.05, 0) is 111 Å². The molecular formula is C51H35BN2S2. The fourth-order valence-electron chi connectivity index (χ4n) is 9.82. The Morgan fingerprint density at radius 2 is 1.09 bits per heavy atom. The van der Waals surface area contributed by atoms with Crippen molar-refractivity contribution in [1.29, 1.82) is 0 Å². The van der Waals surface area contributed by atoms with E-state index in [1.165, 1.54) is 103 Å². The van der Waals surface area contributed by atoms with E-state index in [0.29, 0.717) is 0 Å². The van der Waals surface area contributed by atoms with E-state index in [9.17, 15) is 0 Å². The lowest BCUT2D eigenvalue weighted by Gasteiger charge is -2.47. The van der Waals surface area contributed by atoms with Crippen LogP contribution in [0.1, 0.15) is 25.0 Å². The van der Waals surface area contributed by atoms with Crippen molar-refractivity contribution in [1.82, 2.24) is 0 Å². The van der Waals surface area contributed by atoms with Gasteiger partial charge in [-0.1, -0.05) is 153 Å². The highest BCUT2D eigenvalue weighted by atomic mass is 32.2. The molecule has 8 aromatic carbocycles. The number of hydrogen-bond donors (Lipinski definition) is 0. The fraction of sp³-hybridized carbons (Fsp3) is 0.0588. The number of hydrogen-bond acceptors (Lipinski definition) is 4. The maximum Gasteiger partial charge on any atom is 0.333 e. The van der Waals surface area contributed by atoms with Crippen LogP contribution in [0.5, 0.6) is 0 Å². The molecule has 12 rings (SSSR count). The third-order valence-electron chi connectivity index (χ3n) is 12.3. The molecule has 0 N–H and O–H groups in total. The number of para-hydroxylation sites is 2. The minimum Gasteiger partial charge on any atom is -0.376 e. The summed E-state index contributed by atoms with van der Waals surface area (Å²) < 4.78 is 0. The van der Waals surface area contributed by atoms with E-state index in [2.05, 4.69) is 199 Å². The third kappa shape index (κ3) is 4.56. The van der Waals surface area contributed by atoms with E-state index in [0.717, 1.165) is 0 Å². The summed E-state index contributed by atoms with van der Waals surface area (Å²) in [7, 11) is 0. The minimum atomic E-state index is -0.214. The van der Waals surface area contributed by atoms with Crippen molar-refractivity contribution < 1.29 is 0 Å². The maximum absolute atomic E-state index is 2.66. The molecule has 0 saturated heterocycles. The number of rotatable bonds is 3. The van der Waals surface area contributed by atoms with E-state index in [4.69, 9.17) is 0 Å². The summed E-state index contributed by atoms with van der Waals surface area (Å²) in [4.78, 5) is 10.5. The molecule has 264 valence electrons. The third-order valence-corrected chi connectivity index (χ3v) is 14.8. The molecule has 1 aliphatic carbocycles. The second-order valence-electron chi connectivity index (χ2n) is 15.7. The zero-order valence-electron chi connectivity index (χ0n) is 31.0. The van der Waals surface area contributed by atoms with Crippen molar-refractivity contribution in [3.63, 3.8) is 0 Å². The molecule has 5 heteroatoms. The van der Waals surface area contributed by atoms with Crippen LogP contribution >= 0.6 is 23.5 Å². The van der Waals surface area contributed by atoms with Crippen molar-refractivity contribution in [3.05, 3.63) is 187 Å². The van der Waals surface area contributed by atoms with Gasteiger partial charge >= 0.3 is 6.85 Å². The van der Waals surface area contributed by atoms with Gasteiger partial charge in [0.1, 0.15) is 0 Å². The Morgan fingerprint density at radius 1 is 0.464 bits per heavy atom. The largest absolute Gasteiger partial charge is 0.376 e. The minimum absolute atomic E-state index is 0.0531. The highest BCUT2D eigenvalue weighted by Crippen LogP contribution is 2.59. The summed E-state index contributed by atoms with van der Waals surface area (Å²) in [6.07, 6.45) is 0. The molecule has 0 saturated carbocycles. The second-order valence-corrected chi connectivity index (χ2v) is 17.8. The number of benzene rings is 8. The molecule has 0 radical (unpaired) electrons. The molecule has 0 unspecified atom stereocenters. The zero-order chi connectivity index (χ0) is 37.1. The van der Waals surface area contributed by atoms with Crippen molar-refractivity contribution in [2.75, 3.05) is 9.71 Å². The lowest BCUT2D eigenvalue weighted by Crippen LogP contribution is -2.62. The summed E-state index contributed by atoms with van der Waals surface area (Å²) in [6, 6.07) is 65.6. The van der Waals surface area contributed by atoms with Crippen LogP contribution in [0.3, 0.4) is 0 Å². The van der Waals surface area contributed by atoms with Crippen LogP contribution in [0.2, 0.25) is 0 Å². The smallest absolute Gasteiger partial charge is 0.333 e. The van der Waals surface area contributed by atoms with Crippen LogP contribution in [0, 0.1) is 0 Å². The van der Waals surface area contributed by atoms with E-state index >= 15 is 0 Å². The Kier molecular flexibility index (Phi) is 6.97. The summed E-state index contributed by atoms with van der Waals surface area (Å²) in [5.41, 5.74) is 19.2. The molecule has 0 bridgehead atoms. The topological polar surface area (TPSA) is 6.48 Å². The first-order valence-corrected chi connectivity index (χ1v) is 21.0. The SMILES string of the molecule is CC1(C)c2ccccc2-c2cc3c4c(c21)N(c1ccccc1)c1ccccc1B4N(c1ccc(-c2ccccc2)cc1)c1cc2c(cc1-3)Sc1ccccc1S2. The van der Waals surface area contributed by atoms with Crippen LogP contribution < -0.4 is 20.6 Å². The summed E-state index contributed by atoms with van der Waals surface area (Å²) in [6.45, 7) is 4.80. The maximum atomic E-state index is 2.66. The standard InChI is InChI=1S/C51H35BN2S2/c1-51(2)40-20-10-9-19-36(40)38-29-39-37-30-46-47(56-45-24-14-13-23-44(45)55-46)31-43(37)54(35-27-25-33(26-28-35)32-15-5-3-6-16-32)52-41-21-11-12-22-42(41)53(34-17-7-4-8-18-34)50(48(38)51)49(39)52/h3-31H,1-2H3. The van der Waals surface area contributed by atoms with E-state index < -0.39 is 0 Å². The fourth-order valence-corrected chi connectivity index (χ4v) is 12.1. The van der Waals surface area contributed by atoms with Gasteiger partial charge in [0, 0.05) is 59.0 Å². The van der Waals surface area contributed by atoms with Crippen molar-refractivity contribution in [2.24, 2.45) is 0 Å². The van der Waals surface area contributed by atoms with Crippen LogP contribution in [0.25, 0.3) is 33.4 Å². The lowest BCUT2D eigenvalue weighted by atomic mass is 9.43. The van der Waals surface area contributed by atoms with Gasteiger partial charge in [0.05, 0.1) is 0 Å². The summed E-state index contributed by atoms with van der Waals surface area (Å²) in [5.74, 6) is 0. The van der Waals surface area contributed by atoms with E-state index in [1.54, 1.807) is 0 Å². The van der Waals surface area contributed by atoms with Gasteiger partial charge in [-0.25, -0.2) is 0 Å². The molecule has 3 heterocycles. The van der Waals surface area contributed by atoms with E-state index in [-0.39, 0.29) is 12.3 Å². The highest BCUT2D eigenvalue weighted by molar-refractivity contribution is 8.05. The zero-order valence-corrected chi connectivity index (χ0v) is 32.7. The molecule has 8 aromatic rings. The van der Waals surface area contributed by atoms with Gasteiger partial charge in [0.2, 0.25) is 0 Å². The van der Waals surface area contributed by atoms with Crippen LogP contribution in [-0.4, -0.2) is 6.85 Å². The molecule has 56 heavy (non-hydrogen) atoms. The average Bonchev–Trinajstić information content (AvgIpc) is 3.48. The number of anilines is 5. The lowest BCUT2D eigenvalue weighted by molar-refractivity contribution is 0.661. The van der Waals surface area contributed by atoms with Crippen molar-refractivity contribution in [3.8, 4) is 33.4 Å². The monoisotopic (exact) mass is 750 g/mol. The Bertz CT molecular complexity index is 2910. The molecule has 0 aromatic heterocycles.